The van der Waals surface area contributed by atoms with Gasteiger partial charge in [-0.05, 0) is 43.4 Å². The van der Waals surface area contributed by atoms with Gasteiger partial charge in [0.05, 0.1) is 5.39 Å². The Morgan fingerprint density at radius 3 is 2.80 bits per heavy atom. The van der Waals surface area contributed by atoms with Gasteiger partial charge in [-0.25, -0.2) is 4.79 Å². The first-order chi connectivity index (χ1) is 9.66. The molecule has 0 fully saturated rings. The largest absolute Gasteiger partial charge is 0.422 e. The normalized spacial score (nSPS) is 14.1. The van der Waals surface area contributed by atoms with E-state index in [4.69, 9.17) is 4.42 Å². The highest BCUT2D eigenvalue weighted by Crippen LogP contribution is 2.32. The third-order valence-corrected chi connectivity index (χ3v) is 5.18. The fraction of sp³-hybridized carbons (Fsp3) is 0.250. The Balaban J connectivity index is 2.36. The number of aryl methyl sites for hydroxylation is 2. The minimum Gasteiger partial charge on any atom is -0.422 e. The lowest BCUT2D eigenvalue weighted by atomic mass is 10.1. The summed E-state index contributed by atoms with van der Waals surface area (Å²) in [5.41, 5.74) is 2.85. The number of rotatable bonds is 0. The molecule has 0 aliphatic heterocycles. The van der Waals surface area contributed by atoms with Crippen LogP contribution in [0.2, 0.25) is 0 Å². The molecule has 0 amide bonds. The van der Waals surface area contributed by atoms with Crippen LogP contribution < -0.4 is 10.4 Å². The van der Waals surface area contributed by atoms with Crippen molar-refractivity contribution in [3.63, 3.8) is 0 Å². The quantitative estimate of drug-likeness (QED) is 0.596. The Kier molecular flexibility index (Phi) is 2.39. The zero-order chi connectivity index (χ0) is 13.9. The van der Waals surface area contributed by atoms with Crippen molar-refractivity contribution in [3.8, 4) is 0 Å². The summed E-state index contributed by atoms with van der Waals surface area (Å²) < 4.78 is 6.42. The van der Waals surface area contributed by atoms with Crippen molar-refractivity contribution in [3.05, 3.63) is 54.8 Å². The molecule has 0 N–H and O–H groups in total. The SMILES string of the molecule is Cc1cccc2c1sc(=O)c1c3c(c(=O)oc12)CCC3. The maximum absolute atomic E-state index is 12.5. The standard InChI is InChI=1S/C16H12O3S/c1-8-4-2-7-11-13-12(16(18)20-14(8)11)9-5-3-6-10(9)15(17)19-13/h2,4,7H,3,5-6H2,1H3. The molecular weight excluding hydrogens is 272 g/mol. The van der Waals surface area contributed by atoms with E-state index in [1.165, 1.54) is 11.3 Å². The first-order valence-electron chi connectivity index (χ1n) is 6.68. The van der Waals surface area contributed by atoms with Crippen molar-refractivity contribution in [1.29, 1.82) is 0 Å². The van der Waals surface area contributed by atoms with Gasteiger partial charge in [-0.1, -0.05) is 23.5 Å². The van der Waals surface area contributed by atoms with E-state index in [2.05, 4.69) is 0 Å². The van der Waals surface area contributed by atoms with E-state index in [1.807, 2.05) is 25.1 Å². The number of benzene rings is 1. The van der Waals surface area contributed by atoms with Crippen LogP contribution in [0.25, 0.3) is 21.1 Å². The number of fused-ring (bicyclic) bond motifs is 5. The highest BCUT2D eigenvalue weighted by atomic mass is 32.1. The van der Waals surface area contributed by atoms with Gasteiger partial charge in [0.2, 0.25) is 4.74 Å². The third-order valence-electron chi connectivity index (χ3n) is 4.04. The molecule has 1 aromatic carbocycles. The summed E-state index contributed by atoms with van der Waals surface area (Å²) in [5, 5.41) is 1.50. The zero-order valence-corrected chi connectivity index (χ0v) is 11.8. The van der Waals surface area contributed by atoms with Crippen molar-refractivity contribution in [2.75, 3.05) is 0 Å². The van der Waals surface area contributed by atoms with Crippen LogP contribution in [0.15, 0.2) is 32.2 Å². The van der Waals surface area contributed by atoms with Gasteiger partial charge < -0.3 is 4.42 Å². The van der Waals surface area contributed by atoms with Crippen molar-refractivity contribution in [1.82, 2.24) is 0 Å². The number of hydrogen-bond acceptors (Lipinski definition) is 4. The van der Waals surface area contributed by atoms with Gasteiger partial charge in [-0.15, -0.1) is 0 Å². The lowest BCUT2D eigenvalue weighted by Gasteiger charge is -2.06. The van der Waals surface area contributed by atoms with Gasteiger partial charge in [0.15, 0.2) is 5.58 Å². The van der Waals surface area contributed by atoms with Crippen molar-refractivity contribution >= 4 is 32.4 Å². The van der Waals surface area contributed by atoms with Crippen LogP contribution in [0, 0.1) is 6.92 Å². The van der Waals surface area contributed by atoms with E-state index in [-0.39, 0.29) is 10.4 Å². The lowest BCUT2D eigenvalue weighted by molar-refractivity contribution is 0.555. The topological polar surface area (TPSA) is 47.3 Å². The van der Waals surface area contributed by atoms with E-state index in [0.29, 0.717) is 16.5 Å². The van der Waals surface area contributed by atoms with Crippen LogP contribution >= 0.6 is 11.3 Å². The summed E-state index contributed by atoms with van der Waals surface area (Å²) in [5.74, 6) is 0. The smallest absolute Gasteiger partial charge is 0.339 e. The molecular formula is C16H12O3S. The molecule has 2 heterocycles. The molecule has 0 spiro atoms. The summed E-state index contributed by atoms with van der Waals surface area (Å²) >= 11 is 1.25. The monoisotopic (exact) mass is 284 g/mol. The van der Waals surface area contributed by atoms with Crippen LogP contribution in [0.5, 0.6) is 0 Å². The average Bonchev–Trinajstić information content (AvgIpc) is 2.90. The Hall–Kier alpha value is -1.94. The molecule has 0 unspecified atom stereocenters. The Morgan fingerprint density at radius 2 is 1.95 bits per heavy atom. The van der Waals surface area contributed by atoms with Crippen LogP contribution in [0.3, 0.4) is 0 Å². The second-order valence-electron chi connectivity index (χ2n) is 5.25. The molecule has 0 saturated heterocycles. The minimum atomic E-state index is -0.275. The summed E-state index contributed by atoms with van der Waals surface area (Å²) in [7, 11) is 0. The molecule has 1 aliphatic carbocycles. The molecule has 20 heavy (non-hydrogen) atoms. The molecule has 0 bridgehead atoms. The van der Waals surface area contributed by atoms with E-state index < -0.39 is 0 Å². The molecule has 0 atom stereocenters. The molecule has 3 nitrogen and oxygen atoms in total. The Bertz CT molecular complexity index is 979. The van der Waals surface area contributed by atoms with Crippen LogP contribution in [-0.4, -0.2) is 0 Å². The van der Waals surface area contributed by atoms with Gasteiger partial charge in [0.25, 0.3) is 0 Å². The van der Waals surface area contributed by atoms with Gasteiger partial charge in [-0.2, -0.15) is 0 Å². The molecule has 2 aromatic heterocycles. The van der Waals surface area contributed by atoms with E-state index in [1.54, 1.807) is 0 Å². The third kappa shape index (κ3) is 1.45. The minimum absolute atomic E-state index is 0.00343. The molecule has 1 aliphatic rings. The zero-order valence-electron chi connectivity index (χ0n) is 11.0. The van der Waals surface area contributed by atoms with Crippen molar-refractivity contribution in [2.24, 2.45) is 0 Å². The van der Waals surface area contributed by atoms with Crippen molar-refractivity contribution < 1.29 is 4.42 Å². The van der Waals surface area contributed by atoms with E-state index in [9.17, 15) is 9.59 Å². The predicted octanol–water partition coefficient (Wildman–Crippen LogP) is 3.17. The molecule has 0 radical (unpaired) electrons. The lowest BCUT2D eigenvalue weighted by Crippen LogP contribution is -2.11. The van der Waals surface area contributed by atoms with Gasteiger partial charge in [0, 0.05) is 15.6 Å². The highest BCUT2D eigenvalue weighted by Gasteiger charge is 2.23. The molecule has 4 rings (SSSR count). The van der Waals surface area contributed by atoms with E-state index >= 15 is 0 Å². The second kappa shape index (κ2) is 4.03. The second-order valence-corrected chi connectivity index (χ2v) is 6.23. The molecule has 100 valence electrons. The highest BCUT2D eigenvalue weighted by molar-refractivity contribution is 7.17. The first-order valence-corrected chi connectivity index (χ1v) is 7.49. The summed E-state index contributed by atoms with van der Waals surface area (Å²) in [4.78, 5) is 24.6. The maximum Gasteiger partial charge on any atom is 0.339 e. The van der Waals surface area contributed by atoms with Gasteiger partial charge >= 0.3 is 5.63 Å². The average molecular weight is 284 g/mol. The predicted molar refractivity (Wildman–Crippen MR) is 80.9 cm³/mol. The van der Waals surface area contributed by atoms with E-state index in [0.717, 1.165) is 40.5 Å². The molecule has 3 aromatic rings. The summed E-state index contributed by atoms with van der Waals surface area (Å²) in [6, 6.07) is 5.82. The number of hydrogen-bond donors (Lipinski definition) is 0. The summed E-state index contributed by atoms with van der Waals surface area (Å²) in [6.45, 7) is 1.97. The van der Waals surface area contributed by atoms with Crippen molar-refractivity contribution in [2.45, 2.75) is 26.2 Å². The fourth-order valence-corrected chi connectivity index (χ4v) is 4.11. The van der Waals surface area contributed by atoms with Gasteiger partial charge in [-0.3, -0.25) is 4.79 Å². The first kappa shape index (κ1) is 11.9. The van der Waals surface area contributed by atoms with Crippen LogP contribution in [0.1, 0.15) is 23.1 Å². The molecule has 4 heteroatoms. The van der Waals surface area contributed by atoms with Crippen LogP contribution in [-0.2, 0) is 12.8 Å². The van der Waals surface area contributed by atoms with Crippen LogP contribution in [0.4, 0.5) is 0 Å². The Morgan fingerprint density at radius 1 is 1.15 bits per heavy atom. The summed E-state index contributed by atoms with van der Waals surface area (Å²) in [6.07, 6.45) is 2.45. The fourth-order valence-electron chi connectivity index (χ4n) is 3.10. The Labute approximate surface area is 118 Å². The molecule has 0 saturated carbocycles. The van der Waals surface area contributed by atoms with Gasteiger partial charge in [0.1, 0.15) is 0 Å². The maximum atomic E-state index is 12.5.